The molecule has 2 N–H and O–H groups in total. The van der Waals surface area contributed by atoms with Gasteiger partial charge in [-0.1, -0.05) is 23.7 Å². The van der Waals surface area contributed by atoms with Crippen LogP contribution in [0, 0.1) is 5.82 Å². The first-order chi connectivity index (χ1) is 11.8. The summed E-state index contributed by atoms with van der Waals surface area (Å²) in [7, 11) is 1.25. The Balaban J connectivity index is 1.70. The highest BCUT2D eigenvalue weighted by Gasteiger charge is 2.39. The highest BCUT2D eigenvalue weighted by molar-refractivity contribution is 6.30. The Morgan fingerprint density at radius 3 is 2.56 bits per heavy atom. The average molecular weight is 374 g/mol. The van der Waals surface area contributed by atoms with Gasteiger partial charge < -0.3 is 10.6 Å². The van der Waals surface area contributed by atoms with Gasteiger partial charge in [0.1, 0.15) is 17.7 Å². The molecule has 1 heterocycles. The lowest BCUT2D eigenvalue weighted by Crippen LogP contribution is -2.31. The first-order valence-electron chi connectivity index (χ1n) is 7.72. The molecule has 0 radical (unpaired) electrons. The van der Waals surface area contributed by atoms with Crippen LogP contribution in [-0.2, 0) is 12.8 Å². The first kappa shape index (κ1) is 17.9. The molecule has 25 heavy (non-hydrogen) atoms. The van der Waals surface area contributed by atoms with Crippen molar-refractivity contribution in [1.82, 2.24) is 10.3 Å². The van der Waals surface area contributed by atoms with Crippen LogP contribution in [-0.4, -0.2) is 24.2 Å². The van der Waals surface area contributed by atoms with Crippen molar-refractivity contribution in [3.63, 3.8) is 0 Å². The molecule has 2 atom stereocenters. The van der Waals surface area contributed by atoms with Gasteiger partial charge in [0.15, 0.2) is 0 Å². The Hall–Kier alpha value is -1.86. The minimum Gasteiger partial charge on any atom is -0.367 e. The zero-order valence-corrected chi connectivity index (χ0v) is 14.0. The molecule has 0 bridgehead atoms. The number of rotatable bonds is 4. The van der Waals surface area contributed by atoms with E-state index in [4.69, 9.17) is 11.6 Å². The van der Waals surface area contributed by atoms with Crippen LogP contribution in [0.4, 0.5) is 23.4 Å². The van der Waals surface area contributed by atoms with Crippen LogP contribution in [0.5, 0.6) is 0 Å². The molecule has 134 valence electrons. The van der Waals surface area contributed by atoms with Crippen LogP contribution < -0.4 is 10.6 Å². The van der Waals surface area contributed by atoms with E-state index in [-0.39, 0.29) is 16.6 Å². The molecule has 1 aromatic carbocycles. The van der Waals surface area contributed by atoms with Crippen molar-refractivity contribution in [1.29, 1.82) is 0 Å². The van der Waals surface area contributed by atoms with E-state index in [0.717, 1.165) is 5.56 Å². The fourth-order valence-corrected chi connectivity index (χ4v) is 3.30. The molecule has 0 amide bonds. The fraction of sp³-hybridized carbons (Fsp3) is 0.353. The largest absolute Gasteiger partial charge is 0.407 e. The second-order valence-electron chi connectivity index (χ2n) is 5.99. The summed E-state index contributed by atoms with van der Waals surface area (Å²) in [6, 6.07) is 4.35. The van der Waals surface area contributed by atoms with E-state index in [1.165, 1.54) is 31.4 Å². The molecular weight excluding hydrogens is 358 g/mol. The second-order valence-corrected chi connectivity index (χ2v) is 6.40. The number of hydrogen-bond acceptors (Lipinski definition) is 3. The molecule has 1 aliphatic carbocycles. The number of anilines is 1. The summed E-state index contributed by atoms with van der Waals surface area (Å²) in [5, 5.41) is 5.46. The zero-order chi connectivity index (χ0) is 18.2. The van der Waals surface area contributed by atoms with E-state index in [1.807, 2.05) is 0 Å². The van der Waals surface area contributed by atoms with Crippen molar-refractivity contribution in [2.75, 3.05) is 12.4 Å². The third-order valence-corrected chi connectivity index (χ3v) is 4.59. The quantitative estimate of drug-likeness (QED) is 0.786. The van der Waals surface area contributed by atoms with Crippen LogP contribution in [0.3, 0.4) is 0 Å². The summed E-state index contributed by atoms with van der Waals surface area (Å²) in [5.74, 6) is 0.0406. The Labute approximate surface area is 147 Å². The van der Waals surface area contributed by atoms with Gasteiger partial charge in [-0.15, -0.1) is 0 Å². The van der Waals surface area contributed by atoms with E-state index in [0.29, 0.717) is 24.2 Å². The molecule has 3 rings (SSSR count). The van der Waals surface area contributed by atoms with Gasteiger partial charge >= 0.3 is 6.18 Å². The van der Waals surface area contributed by atoms with Gasteiger partial charge in [-0.25, -0.2) is 9.37 Å². The predicted octanol–water partition coefficient (Wildman–Crippen LogP) is 4.28. The molecule has 3 nitrogen and oxygen atoms in total. The van der Waals surface area contributed by atoms with Gasteiger partial charge in [-0.3, -0.25) is 0 Å². The number of alkyl halides is 3. The number of hydrogen-bond donors (Lipinski definition) is 2. The highest BCUT2D eigenvalue weighted by atomic mass is 35.5. The number of aromatic nitrogens is 1. The molecule has 1 aromatic heterocycles. The average Bonchev–Trinajstić information content (AvgIpc) is 2.95. The monoisotopic (exact) mass is 373 g/mol. The minimum absolute atomic E-state index is 0.0353. The molecular formula is C17H16ClF4N3. The minimum atomic E-state index is -4.39. The third kappa shape index (κ3) is 3.72. The second kappa shape index (κ2) is 6.80. The molecule has 2 aromatic rings. The van der Waals surface area contributed by atoms with Crippen molar-refractivity contribution in [3.05, 3.63) is 58.0 Å². The van der Waals surface area contributed by atoms with Crippen molar-refractivity contribution < 1.29 is 17.6 Å². The third-order valence-electron chi connectivity index (χ3n) is 4.30. The summed E-state index contributed by atoms with van der Waals surface area (Å²) >= 11 is 5.79. The number of nitrogens with zero attached hydrogens (tertiary/aromatic N) is 1. The van der Waals surface area contributed by atoms with Crippen molar-refractivity contribution in [2.45, 2.75) is 31.1 Å². The first-order valence-corrected chi connectivity index (χ1v) is 8.09. The van der Waals surface area contributed by atoms with Crippen LogP contribution in [0.15, 0.2) is 30.5 Å². The standard InChI is InChI=1S/C17H16ClF4N3/c1-23-16(17(20,21)22)10-3-5-14(24-8-10)25-11-6-9-2-4-13(18)15(19)12(9)7-11/h2-5,8,11,16,23H,6-7H2,1H3,(H,24,25). The zero-order valence-electron chi connectivity index (χ0n) is 13.3. The Bertz CT molecular complexity index is 762. The molecule has 1 aliphatic rings. The molecule has 8 heteroatoms. The van der Waals surface area contributed by atoms with Gasteiger partial charge in [0, 0.05) is 12.2 Å². The van der Waals surface area contributed by atoms with Gasteiger partial charge in [-0.05, 0) is 48.7 Å². The molecule has 0 saturated carbocycles. The molecule has 0 saturated heterocycles. The lowest BCUT2D eigenvalue weighted by molar-refractivity contribution is -0.156. The van der Waals surface area contributed by atoms with Crippen LogP contribution in [0.1, 0.15) is 22.7 Å². The topological polar surface area (TPSA) is 37.0 Å². The summed E-state index contributed by atoms with van der Waals surface area (Å²) < 4.78 is 52.7. The van der Waals surface area contributed by atoms with E-state index in [1.54, 1.807) is 6.07 Å². The maximum Gasteiger partial charge on any atom is 0.407 e. The van der Waals surface area contributed by atoms with E-state index >= 15 is 0 Å². The summed E-state index contributed by atoms with van der Waals surface area (Å²) in [5.41, 5.74) is 1.49. The van der Waals surface area contributed by atoms with Crippen LogP contribution >= 0.6 is 11.6 Å². The lowest BCUT2D eigenvalue weighted by Gasteiger charge is -2.20. The van der Waals surface area contributed by atoms with Gasteiger partial charge in [0.2, 0.25) is 0 Å². The normalized spacial score (nSPS) is 18.1. The molecule has 2 unspecified atom stereocenters. The SMILES string of the molecule is CNC(c1ccc(NC2Cc3ccc(Cl)c(F)c3C2)nc1)C(F)(F)F. The Kier molecular flexibility index (Phi) is 4.88. The maximum atomic E-state index is 14.0. The summed E-state index contributed by atoms with van der Waals surface area (Å²) in [6.45, 7) is 0. The molecule has 0 fully saturated rings. The fourth-order valence-electron chi connectivity index (χ4n) is 3.12. The Morgan fingerprint density at radius 2 is 1.96 bits per heavy atom. The predicted molar refractivity (Wildman–Crippen MR) is 88.3 cm³/mol. The molecule has 0 spiro atoms. The lowest BCUT2D eigenvalue weighted by atomic mass is 10.1. The van der Waals surface area contributed by atoms with E-state index in [9.17, 15) is 17.6 Å². The number of fused-ring (bicyclic) bond motifs is 1. The van der Waals surface area contributed by atoms with Gasteiger partial charge in [-0.2, -0.15) is 13.2 Å². The van der Waals surface area contributed by atoms with E-state index < -0.39 is 18.0 Å². The number of halogens is 5. The number of benzene rings is 1. The smallest absolute Gasteiger partial charge is 0.367 e. The summed E-state index contributed by atoms with van der Waals surface area (Å²) in [6.07, 6.45) is -2.15. The molecule has 0 aliphatic heterocycles. The number of pyridine rings is 1. The number of nitrogens with one attached hydrogen (secondary N) is 2. The van der Waals surface area contributed by atoms with Crippen molar-refractivity contribution in [2.24, 2.45) is 0 Å². The summed E-state index contributed by atoms with van der Waals surface area (Å²) in [4.78, 5) is 4.06. The Morgan fingerprint density at radius 1 is 1.20 bits per heavy atom. The maximum absolute atomic E-state index is 14.0. The van der Waals surface area contributed by atoms with E-state index in [2.05, 4.69) is 15.6 Å². The van der Waals surface area contributed by atoms with Crippen LogP contribution in [0.2, 0.25) is 5.02 Å². The van der Waals surface area contributed by atoms with Gasteiger partial charge in [0.05, 0.1) is 5.02 Å². The van der Waals surface area contributed by atoms with Crippen molar-refractivity contribution in [3.8, 4) is 0 Å². The highest BCUT2D eigenvalue weighted by Crippen LogP contribution is 2.33. The van der Waals surface area contributed by atoms with Crippen molar-refractivity contribution >= 4 is 17.4 Å². The van der Waals surface area contributed by atoms with Crippen LogP contribution in [0.25, 0.3) is 0 Å². The van der Waals surface area contributed by atoms with Gasteiger partial charge in [0.25, 0.3) is 0 Å².